The Kier molecular flexibility index (Phi) is 7.41. The molecule has 0 heterocycles. The van der Waals surface area contributed by atoms with E-state index in [9.17, 15) is 0 Å². The first-order valence-corrected chi connectivity index (χ1v) is 20.1. The van der Waals surface area contributed by atoms with E-state index in [-0.39, 0.29) is 0 Å². The second-order valence-electron chi connectivity index (χ2n) is 16.6. The van der Waals surface area contributed by atoms with Crippen LogP contribution in [0.5, 0.6) is 23.0 Å². The van der Waals surface area contributed by atoms with E-state index >= 15 is 0 Å². The number of hydrogen-bond donors (Lipinski definition) is 0. The lowest BCUT2D eigenvalue weighted by molar-refractivity contribution is 0.488. The van der Waals surface area contributed by atoms with Gasteiger partial charge < -0.3 is 9.47 Å². The summed E-state index contributed by atoms with van der Waals surface area (Å²) in [5.41, 5.74) is 2.67. The van der Waals surface area contributed by atoms with Crippen LogP contribution >= 0.6 is 0 Å². The van der Waals surface area contributed by atoms with E-state index in [4.69, 9.17) is 9.47 Å². The van der Waals surface area contributed by atoms with E-state index < -0.39 is 0 Å². The molecular formula is C54H42O2. The van der Waals surface area contributed by atoms with Crippen LogP contribution in [0.1, 0.15) is 38.8 Å². The highest BCUT2D eigenvalue weighted by atomic mass is 16.5. The summed E-state index contributed by atoms with van der Waals surface area (Å²) in [7, 11) is 0. The van der Waals surface area contributed by atoms with Crippen molar-refractivity contribution in [3.63, 3.8) is 0 Å². The van der Waals surface area contributed by atoms with E-state index in [1.165, 1.54) is 86.5 Å². The molecule has 11 aromatic carbocycles. The zero-order chi connectivity index (χ0) is 37.7. The molecule has 2 nitrogen and oxygen atoms in total. The molecule has 0 aliphatic rings. The minimum absolute atomic E-state index is 0.617. The molecule has 0 N–H and O–H groups in total. The Hall–Kier alpha value is -6.38. The van der Waals surface area contributed by atoms with Crippen molar-refractivity contribution in [2.45, 2.75) is 40.5 Å². The summed E-state index contributed by atoms with van der Waals surface area (Å²) >= 11 is 0. The van der Waals surface area contributed by atoms with Crippen LogP contribution in [0.25, 0.3) is 86.2 Å². The molecule has 56 heavy (non-hydrogen) atoms. The van der Waals surface area contributed by atoms with Crippen molar-refractivity contribution in [2.75, 3.05) is 0 Å². The Bertz CT molecular complexity index is 3060. The molecule has 0 saturated carbocycles. The maximum Gasteiger partial charge on any atom is 0.135 e. The van der Waals surface area contributed by atoms with Crippen molar-refractivity contribution in [3.05, 3.63) is 157 Å². The highest BCUT2D eigenvalue weighted by Crippen LogP contribution is 2.52. The highest BCUT2D eigenvalue weighted by Gasteiger charge is 2.23. The number of benzene rings is 11. The van der Waals surface area contributed by atoms with Crippen LogP contribution in [0.3, 0.4) is 0 Å². The van der Waals surface area contributed by atoms with Gasteiger partial charge in [0.25, 0.3) is 0 Å². The minimum Gasteiger partial charge on any atom is -0.457 e. The number of fused-ring (bicyclic) bond motifs is 6. The summed E-state index contributed by atoms with van der Waals surface area (Å²) in [5.74, 6) is 4.71. The Balaban J connectivity index is 1.15. The first-order valence-electron chi connectivity index (χ1n) is 20.1. The maximum absolute atomic E-state index is 6.67. The molecule has 0 bridgehead atoms. The van der Waals surface area contributed by atoms with Gasteiger partial charge in [0.2, 0.25) is 0 Å². The topological polar surface area (TPSA) is 18.5 Å². The average molecular weight is 723 g/mol. The van der Waals surface area contributed by atoms with Crippen LogP contribution in [0.2, 0.25) is 0 Å². The molecular weight excluding hydrogens is 681 g/mol. The van der Waals surface area contributed by atoms with Crippen molar-refractivity contribution in [2.24, 2.45) is 11.8 Å². The van der Waals surface area contributed by atoms with E-state index in [0.29, 0.717) is 11.8 Å². The fourth-order valence-electron chi connectivity index (χ4n) is 9.73. The Morgan fingerprint density at radius 1 is 0.304 bits per heavy atom. The third-order valence-electron chi connectivity index (χ3n) is 11.9. The first-order chi connectivity index (χ1) is 27.4. The molecule has 0 amide bonds. The highest BCUT2D eigenvalue weighted by molar-refractivity contribution is 6.47. The van der Waals surface area contributed by atoms with Gasteiger partial charge in [-0.25, -0.2) is 0 Å². The van der Waals surface area contributed by atoms with Gasteiger partial charge in [-0.1, -0.05) is 125 Å². The normalized spacial score (nSPS) is 12.4. The number of rotatable bonds is 8. The van der Waals surface area contributed by atoms with Crippen LogP contribution in [0.4, 0.5) is 0 Å². The second kappa shape index (κ2) is 12.6. The smallest absolute Gasteiger partial charge is 0.135 e. The lowest BCUT2D eigenvalue weighted by Crippen LogP contribution is -1.95. The summed E-state index contributed by atoms with van der Waals surface area (Å²) in [6, 6.07) is 53.3. The van der Waals surface area contributed by atoms with Crippen molar-refractivity contribution >= 4 is 86.2 Å². The zero-order valence-corrected chi connectivity index (χ0v) is 32.2. The predicted octanol–water partition coefficient (Wildman–Crippen LogP) is 15.8. The molecule has 11 aromatic rings. The van der Waals surface area contributed by atoms with Gasteiger partial charge in [0, 0.05) is 21.5 Å². The van der Waals surface area contributed by atoms with Gasteiger partial charge in [0.05, 0.1) is 0 Å². The van der Waals surface area contributed by atoms with Crippen LogP contribution in [0, 0.1) is 11.8 Å². The molecule has 0 atom stereocenters. The molecule has 0 fully saturated rings. The van der Waals surface area contributed by atoms with E-state index in [2.05, 4.69) is 173 Å². The first kappa shape index (κ1) is 33.0. The lowest BCUT2D eigenvalue weighted by Gasteiger charge is -2.22. The van der Waals surface area contributed by atoms with Crippen molar-refractivity contribution in [1.29, 1.82) is 0 Å². The van der Waals surface area contributed by atoms with Gasteiger partial charge in [-0.3, -0.25) is 0 Å². The van der Waals surface area contributed by atoms with E-state index in [1.54, 1.807) is 0 Å². The molecule has 0 aliphatic heterocycles. The molecule has 270 valence electrons. The standard InChI is InChI=1S/C54H42O2/c1-31(2)29-33-17-21-35(22-18-33)55-47-27-25-39-37-9-5-16-46-51(37)53(43-13-7-11-41(47)49(39)43)45-15-6-10-38-40-26-28-48(56-36-23-19-34(20-24-36)30-32(3)4)42-12-8-14-44(50(40)42)54(46)52(38)45/h5-28,31-32H,29-30H2,1-4H3. The zero-order valence-electron chi connectivity index (χ0n) is 32.2. The average Bonchev–Trinajstić information content (AvgIpc) is 3.20. The van der Waals surface area contributed by atoms with Gasteiger partial charge in [0.1, 0.15) is 23.0 Å². The Morgan fingerprint density at radius 2 is 0.607 bits per heavy atom. The third kappa shape index (κ3) is 5.02. The van der Waals surface area contributed by atoms with Crippen molar-refractivity contribution < 1.29 is 9.47 Å². The van der Waals surface area contributed by atoms with Crippen LogP contribution in [-0.2, 0) is 12.8 Å². The molecule has 0 aliphatic carbocycles. The fourth-order valence-corrected chi connectivity index (χ4v) is 9.73. The Morgan fingerprint density at radius 3 is 0.982 bits per heavy atom. The molecule has 0 saturated heterocycles. The SMILES string of the molecule is CC(C)Cc1ccc(Oc2ccc3c4cccc5c4c(c4cccc2c34)c2cccc3c4ccc(Oc6ccc(CC(C)C)cc6)c6cccc(c64)c5c32)cc1. The van der Waals surface area contributed by atoms with Gasteiger partial charge in [-0.05, 0) is 149 Å². The second-order valence-corrected chi connectivity index (χ2v) is 16.6. The van der Waals surface area contributed by atoms with Gasteiger partial charge in [-0.2, -0.15) is 0 Å². The summed E-state index contributed by atoms with van der Waals surface area (Å²) in [6.45, 7) is 9.03. The third-order valence-corrected chi connectivity index (χ3v) is 11.9. The largest absolute Gasteiger partial charge is 0.457 e. The summed E-state index contributed by atoms with van der Waals surface area (Å²) < 4.78 is 13.3. The Labute approximate surface area is 326 Å². The van der Waals surface area contributed by atoms with E-state index in [0.717, 1.165) is 46.6 Å². The molecule has 0 spiro atoms. The van der Waals surface area contributed by atoms with E-state index in [1.807, 2.05) is 0 Å². The molecule has 11 rings (SSSR count). The van der Waals surface area contributed by atoms with Crippen molar-refractivity contribution in [1.82, 2.24) is 0 Å². The van der Waals surface area contributed by atoms with Crippen LogP contribution in [0.15, 0.2) is 146 Å². The number of hydrogen-bond acceptors (Lipinski definition) is 2. The molecule has 0 aromatic heterocycles. The summed E-state index contributed by atoms with van der Waals surface area (Å²) in [6.07, 6.45) is 2.13. The minimum atomic E-state index is 0.617. The van der Waals surface area contributed by atoms with Crippen LogP contribution in [-0.4, -0.2) is 0 Å². The monoisotopic (exact) mass is 722 g/mol. The molecule has 2 heteroatoms. The fraction of sp³-hybridized carbons (Fsp3) is 0.148. The summed E-state index contributed by atoms with van der Waals surface area (Å²) in [5, 5.41) is 20.1. The van der Waals surface area contributed by atoms with Crippen molar-refractivity contribution in [3.8, 4) is 23.0 Å². The maximum atomic E-state index is 6.67. The van der Waals surface area contributed by atoms with Crippen LogP contribution < -0.4 is 9.47 Å². The van der Waals surface area contributed by atoms with Gasteiger partial charge in [0.15, 0.2) is 0 Å². The number of ether oxygens (including phenoxy) is 2. The quantitative estimate of drug-likeness (QED) is 0.115. The lowest BCUT2D eigenvalue weighted by atomic mass is 9.82. The molecule has 0 unspecified atom stereocenters. The van der Waals surface area contributed by atoms with Gasteiger partial charge >= 0.3 is 0 Å². The van der Waals surface area contributed by atoms with Gasteiger partial charge in [-0.15, -0.1) is 0 Å². The summed E-state index contributed by atoms with van der Waals surface area (Å²) in [4.78, 5) is 0. The predicted molar refractivity (Wildman–Crippen MR) is 239 cm³/mol. The molecule has 0 radical (unpaired) electrons.